The van der Waals surface area contributed by atoms with Crippen molar-refractivity contribution in [3.05, 3.63) is 98.6 Å². The average molecular weight is 526 g/mol. The predicted molar refractivity (Wildman–Crippen MR) is 120 cm³/mol. The monoisotopic (exact) mass is 525 g/mol. The van der Waals surface area contributed by atoms with Gasteiger partial charge in [0.05, 0.1) is 11.1 Å². The molecule has 0 unspecified atom stereocenters. The van der Waals surface area contributed by atoms with E-state index in [1.54, 1.807) is 36.4 Å². The molecule has 1 amide bonds. The minimum atomic E-state index is -5.03. The Morgan fingerprint density at radius 3 is 2.14 bits per heavy atom. The van der Waals surface area contributed by atoms with Gasteiger partial charge in [-0.05, 0) is 47.5 Å². The van der Waals surface area contributed by atoms with Gasteiger partial charge in [0.15, 0.2) is 0 Å². The van der Waals surface area contributed by atoms with Crippen LogP contribution in [-0.4, -0.2) is 15.9 Å². The lowest BCUT2D eigenvalue weighted by molar-refractivity contribution is -0.143. The van der Waals surface area contributed by atoms with Crippen molar-refractivity contribution in [3.8, 4) is 11.1 Å². The molecule has 4 aromatic rings. The number of aromatic amines is 1. The number of aromatic nitrogens is 2. The third kappa shape index (κ3) is 5.20. The van der Waals surface area contributed by atoms with E-state index in [1.165, 1.54) is 6.20 Å². The number of H-pyrrole nitrogens is 1. The van der Waals surface area contributed by atoms with Crippen LogP contribution in [-0.2, 0) is 18.9 Å². The lowest BCUT2D eigenvalue weighted by atomic mass is 9.98. The first-order valence-corrected chi connectivity index (χ1v) is 10.6. The Morgan fingerprint density at radius 2 is 1.56 bits per heavy atom. The summed E-state index contributed by atoms with van der Waals surface area (Å²) in [6, 6.07) is 10.4. The molecule has 0 aliphatic rings. The molecule has 0 fully saturated rings. The fraction of sp³-hybridized carbons (Fsp3) is 0.125. The van der Waals surface area contributed by atoms with Crippen molar-refractivity contribution in [2.45, 2.75) is 18.9 Å². The van der Waals surface area contributed by atoms with E-state index >= 15 is 0 Å². The van der Waals surface area contributed by atoms with Gasteiger partial charge in [-0.2, -0.15) is 26.3 Å². The average Bonchev–Trinajstić information content (AvgIpc) is 2.82. The molecule has 0 spiro atoms. The Kier molecular flexibility index (Phi) is 6.52. The van der Waals surface area contributed by atoms with Crippen molar-refractivity contribution in [2.75, 3.05) is 0 Å². The summed E-state index contributed by atoms with van der Waals surface area (Å²) >= 11 is 5.94. The molecular weight excluding hydrogens is 512 g/mol. The number of carbonyl (C=O) groups is 1. The molecular formula is C24H14ClF6N3O2. The first-order valence-electron chi connectivity index (χ1n) is 10.2. The van der Waals surface area contributed by atoms with Crippen LogP contribution in [0.4, 0.5) is 26.3 Å². The maximum absolute atomic E-state index is 13.2. The van der Waals surface area contributed by atoms with Crippen molar-refractivity contribution in [3.63, 3.8) is 0 Å². The fourth-order valence-corrected chi connectivity index (χ4v) is 3.76. The van der Waals surface area contributed by atoms with E-state index in [-0.39, 0.29) is 22.8 Å². The highest BCUT2D eigenvalue weighted by molar-refractivity contribution is 6.30. The van der Waals surface area contributed by atoms with Gasteiger partial charge in [-0.25, -0.2) is 0 Å². The number of amides is 1. The molecule has 0 saturated heterocycles. The van der Waals surface area contributed by atoms with Gasteiger partial charge in [-0.3, -0.25) is 14.6 Å². The number of halogens is 7. The Morgan fingerprint density at radius 1 is 0.944 bits per heavy atom. The lowest BCUT2D eigenvalue weighted by Crippen LogP contribution is -2.27. The van der Waals surface area contributed by atoms with E-state index in [2.05, 4.69) is 15.3 Å². The van der Waals surface area contributed by atoms with Gasteiger partial charge in [0.25, 0.3) is 11.5 Å². The van der Waals surface area contributed by atoms with Crippen molar-refractivity contribution in [2.24, 2.45) is 0 Å². The van der Waals surface area contributed by atoms with Crippen molar-refractivity contribution in [1.29, 1.82) is 0 Å². The Balaban J connectivity index is 1.76. The second kappa shape index (κ2) is 9.30. The van der Waals surface area contributed by atoms with E-state index in [9.17, 15) is 35.9 Å². The van der Waals surface area contributed by atoms with E-state index in [0.717, 1.165) is 0 Å². The molecule has 0 atom stereocenters. The first-order chi connectivity index (χ1) is 16.8. The number of pyridine rings is 2. The molecule has 36 heavy (non-hydrogen) atoms. The summed E-state index contributed by atoms with van der Waals surface area (Å²) in [7, 11) is 0. The van der Waals surface area contributed by atoms with Gasteiger partial charge in [-0.1, -0.05) is 29.8 Å². The summed E-state index contributed by atoms with van der Waals surface area (Å²) in [6.45, 7) is -0.668. The van der Waals surface area contributed by atoms with Gasteiger partial charge >= 0.3 is 12.4 Å². The zero-order chi connectivity index (χ0) is 26.3. The Hall–Kier alpha value is -3.86. The maximum Gasteiger partial charge on any atom is 0.416 e. The molecule has 0 aliphatic carbocycles. The molecule has 2 heterocycles. The standard InChI is InChI=1S/C24H14ClF6N3O2/c25-16-5-3-13(4-6-16)18-17-2-1-7-32-19(17)22(36)34-20(18)21(35)33-11-12-8-14(23(26,27)28)10-15(9-12)24(29,30)31/h1-10H,11H2,(H,33,35)(H,34,36). The third-order valence-electron chi connectivity index (χ3n) is 5.24. The lowest BCUT2D eigenvalue weighted by Gasteiger charge is -2.16. The predicted octanol–water partition coefficient (Wildman–Crippen LogP) is 6.21. The second-order valence-corrected chi connectivity index (χ2v) is 8.14. The zero-order valence-corrected chi connectivity index (χ0v) is 18.6. The van der Waals surface area contributed by atoms with Crippen LogP contribution in [0.5, 0.6) is 0 Å². The minimum Gasteiger partial charge on any atom is -0.347 e. The van der Waals surface area contributed by atoms with Crippen LogP contribution in [0.1, 0.15) is 27.2 Å². The Bertz CT molecular complexity index is 1480. The first kappa shape index (κ1) is 25.2. The number of nitrogens with one attached hydrogen (secondary N) is 2. The molecule has 5 nitrogen and oxygen atoms in total. The minimum absolute atomic E-state index is 0.00220. The number of rotatable bonds is 4. The van der Waals surface area contributed by atoms with Crippen LogP contribution in [0.25, 0.3) is 22.0 Å². The van der Waals surface area contributed by atoms with Crippen LogP contribution >= 0.6 is 11.6 Å². The van der Waals surface area contributed by atoms with E-state index in [4.69, 9.17) is 11.6 Å². The molecule has 4 rings (SSSR count). The third-order valence-corrected chi connectivity index (χ3v) is 5.49. The van der Waals surface area contributed by atoms with E-state index < -0.39 is 47.1 Å². The number of hydrogen-bond donors (Lipinski definition) is 2. The highest BCUT2D eigenvalue weighted by Crippen LogP contribution is 2.36. The molecule has 0 radical (unpaired) electrons. The van der Waals surface area contributed by atoms with Gasteiger partial charge < -0.3 is 10.3 Å². The Labute approximate surface area is 203 Å². The molecule has 2 aromatic carbocycles. The SMILES string of the molecule is O=C(NCc1cc(C(F)(F)F)cc(C(F)(F)F)c1)c1[nH]c(=O)c2ncccc2c1-c1ccc(Cl)cc1. The number of nitrogens with zero attached hydrogens (tertiary/aromatic N) is 1. The van der Waals surface area contributed by atoms with Crippen LogP contribution in [0.2, 0.25) is 5.02 Å². The smallest absolute Gasteiger partial charge is 0.347 e. The molecule has 186 valence electrons. The molecule has 0 aliphatic heterocycles. The molecule has 2 N–H and O–H groups in total. The summed E-state index contributed by atoms with van der Waals surface area (Å²) in [4.78, 5) is 32.1. The van der Waals surface area contributed by atoms with Crippen molar-refractivity contribution < 1.29 is 31.1 Å². The van der Waals surface area contributed by atoms with Crippen LogP contribution in [0.15, 0.2) is 65.6 Å². The van der Waals surface area contributed by atoms with Gasteiger partial charge in [0.1, 0.15) is 11.2 Å². The highest BCUT2D eigenvalue weighted by atomic mass is 35.5. The fourth-order valence-electron chi connectivity index (χ4n) is 3.64. The number of alkyl halides is 6. The zero-order valence-electron chi connectivity index (χ0n) is 17.9. The maximum atomic E-state index is 13.2. The quantitative estimate of drug-likeness (QED) is 0.311. The van der Waals surface area contributed by atoms with Crippen LogP contribution < -0.4 is 10.9 Å². The van der Waals surface area contributed by atoms with Gasteiger partial charge in [-0.15, -0.1) is 0 Å². The summed E-state index contributed by atoms with van der Waals surface area (Å²) in [5.41, 5.74) is -3.63. The summed E-state index contributed by atoms with van der Waals surface area (Å²) < 4.78 is 78.9. The van der Waals surface area contributed by atoms with Gasteiger partial charge in [0, 0.05) is 28.7 Å². The number of fused-ring (bicyclic) bond motifs is 1. The summed E-state index contributed by atoms with van der Waals surface area (Å²) in [5, 5.41) is 3.01. The van der Waals surface area contributed by atoms with Crippen LogP contribution in [0.3, 0.4) is 0 Å². The van der Waals surface area contributed by atoms with E-state index in [1.807, 2.05) is 0 Å². The molecule has 0 saturated carbocycles. The number of benzene rings is 2. The van der Waals surface area contributed by atoms with Gasteiger partial charge in [0.2, 0.25) is 0 Å². The second-order valence-electron chi connectivity index (χ2n) is 7.71. The highest BCUT2D eigenvalue weighted by Gasteiger charge is 2.37. The summed E-state index contributed by atoms with van der Waals surface area (Å²) in [5.74, 6) is -0.922. The molecule has 12 heteroatoms. The number of carbonyl (C=O) groups excluding carboxylic acids is 1. The normalized spacial score (nSPS) is 12.1. The largest absolute Gasteiger partial charge is 0.416 e. The summed E-state index contributed by atoms with van der Waals surface area (Å²) in [6.07, 6.45) is -8.68. The van der Waals surface area contributed by atoms with Crippen molar-refractivity contribution >= 4 is 28.4 Å². The number of hydrogen-bond acceptors (Lipinski definition) is 3. The van der Waals surface area contributed by atoms with Crippen molar-refractivity contribution in [1.82, 2.24) is 15.3 Å². The van der Waals surface area contributed by atoms with Crippen LogP contribution in [0, 0.1) is 0 Å². The topological polar surface area (TPSA) is 74.8 Å². The molecule has 0 bridgehead atoms. The van der Waals surface area contributed by atoms with E-state index in [0.29, 0.717) is 28.1 Å². The molecule has 2 aromatic heterocycles.